The van der Waals surface area contributed by atoms with Crippen molar-refractivity contribution < 1.29 is 17.9 Å². The van der Waals surface area contributed by atoms with Crippen LogP contribution in [-0.4, -0.2) is 31.2 Å². The highest BCUT2D eigenvalue weighted by atomic mass is 19.4. The van der Waals surface area contributed by atoms with Gasteiger partial charge in [0.15, 0.2) is 0 Å². The van der Waals surface area contributed by atoms with Gasteiger partial charge in [-0.15, -0.1) is 0 Å². The molecule has 172 valence electrons. The molecule has 0 saturated heterocycles. The number of benzene rings is 2. The number of halogens is 3. The van der Waals surface area contributed by atoms with E-state index < -0.39 is 11.7 Å². The Morgan fingerprint density at radius 2 is 1.73 bits per heavy atom. The van der Waals surface area contributed by atoms with Crippen LogP contribution in [-0.2, 0) is 12.7 Å². The van der Waals surface area contributed by atoms with Crippen LogP contribution in [0.4, 0.5) is 13.2 Å². The maximum absolute atomic E-state index is 13.3. The van der Waals surface area contributed by atoms with E-state index in [1.807, 2.05) is 18.2 Å². The van der Waals surface area contributed by atoms with Crippen LogP contribution in [0.1, 0.15) is 16.8 Å². The Labute approximate surface area is 190 Å². The molecule has 0 aliphatic rings. The summed E-state index contributed by atoms with van der Waals surface area (Å²) in [7, 11) is 0. The van der Waals surface area contributed by atoms with Crippen molar-refractivity contribution in [2.75, 3.05) is 26.2 Å². The number of aromatic nitrogens is 1. The molecule has 0 aliphatic carbocycles. The van der Waals surface area contributed by atoms with Crippen molar-refractivity contribution in [3.8, 4) is 28.8 Å². The van der Waals surface area contributed by atoms with Crippen LogP contribution in [0.5, 0.6) is 11.5 Å². The molecular weight excluding hydrogens is 431 g/mol. The molecule has 0 spiro atoms. The highest BCUT2D eigenvalue weighted by Gasteiger charge is 2.35. The molecule has 0 aliphatic heterocycles. The first-order chi connectivity index (χ1) is 15.9. The zero-order chi connectivity index (χ0) is 23.7. The summed E-state index contributed by atoms with van der Waals surface area (Å²) < 4.78 is 45.5. The molecule has 0 amide bonds. The second-order valence-corrected chi connectivity index (χ2v) is 7.18. The maximum Gasteiger partial charge on any atom is 0.420 e. The van der Waals surface area contributed by atoms with Crippen molar-refractivity contribution >= 4 is 0 Å². The molecule has 0 unspecified atom stereocenters. The normalized spacial score (nSPS) is 11.2. The summed E-state index contributed by atoms with van der Waals surface area (Å²) in [5.74, 6) is -0.113. The van der Waals surface area contributed by atoms with E-state index in [1.54, 1.807) is 30.3 Å². The first kappa shape index (κ1) is 24.2. The number of nitrogens with two attached hydrogens (primary N) is 1. The quantitative estimate of drug-likeness (QED) is 0.399. The van der Waals surface area contributed by atoms with Crippen LogP contribution < -0.4 is 21.1 Å². The highest BCUT2D eigenvalue weighted by molar-refractivity contribution is 5.60. The van der Waals surface area contributed by atoms with Gasteiger partial charge in [-0.05, 0) is 54.6 Å². The standard InChI is InChI=1S/C24H24F3N5O/c25-24(26,27)21-14-17(15-29)4-9-23(21)33-20-7-5-18(6-8-20)22-3-1-2-19(32-22)16-31-13-12-30-11-10-28/h1-9,14,30-31H,10-13,16,28H2. The minimum absolute atomic E-state index is 0.0858. The van der Waals surface area contributed by atoms with Gasteiger partial charge in [-0.3, -0.25) is 4.98 Å². The van der Waals surface area contributed by atoms with E-state index in [2.05, 4.69) is 15.6 Å². The van der Waals surface area contributed by atoms with E-state index in [4.69, 9.17) is 15.7 Å². The van der Waals surface area contributed by atoms with Gasteiger partial charge in [0, 0.05) is 38.3 Å². The molecule has 3 rings (SSSR count). The highest BCUT2D eigenvalue weighted by Crippen LogP contribution is 2.38. The zero-order valence-electron chi connectivity index (χ0n) is 17.8. The minimum atomic E-state index is -4.64. The number of nitrogens with one attached hydrogen (secondary N) is 2. The molecule has 6 nitrogen and oxygen atoms in total. The third kappa shape index (κ3) is 7.02. The van der Waals surface area contributed by atoms with Crippen LogP contribution in [0.2, 0.25) is 0 Å². The Morgan fingerprint density at radius 3 is 2.42 bits per heavy atom. The van der Waals surface area contributed by atoms with E-state index in [-0.39, 0.29) is 17.1 Å². The van der Waals surface area contributed by atoms with Crippen LogP contribution in [0, 0.1) is 11.3 Å². The van der Waals surface area contributed by atoms with Gasteiger partial charge in [0.2, 0.25) is 0 Å². The van der Waals surface area contributed by atoms with Crippen molar-refractivity contribution in [1.29, 1.82) is 5.26 Å². The molecular formula is C24H24F3N5O. The van der Waals surface area contributed by atoms with Crippen molar-refractivity contribution in [2.24, 2.45) is 5.73 Å². The van der Waals surface area contributed by atoms with Gasteiger partial charge in [-0.2, -0.15) is 18.4 Å². The van der Waals surface area contributed by atoms with Gasteiger partial charge in [0.25, 0.3) is 0 Å². The average molecular weight is 455 g/mol. The second-order valence-electron chi connectivity index (χ2n) is 7.18. The first-order valence-electron chi connectivity index (χ1n) is 10.4. The zero-order valence-corrected chi connectivity index (χ0v) is 17.8. The Morgan fingerprint density at radius 1 is 0.970 bits per heavy atom. The molecule has 0 radical (unpaired) electrons. The SMILES string of the molecule is N#Cc1ccc(Oc2ccc(-c3cccc(CNCCNCCN)n3)cc2)c(C(F)(F)F)c1. The lowest BCUT2D eigenvalue weighted by atomic mass is 10.1. The third-order valence-corrected chi connectivity index (χ3v) is 4.70. The van der Waals surface area contributed by atoms with E-state index >= 15 is 0 Å². The van der Waals surface area contributed by atoms with Crippen molar-refractivity contribution in [3.63, 3.8) is 0 Å². The van der Waals surface area contributed by atoms with Crippen LogP contribution in [0.15, 0.2) is 60.7 Å². The molecule has 0 fully saturated rings. The third-order valence-electron chi connectivity index (χ3n) is 4.70. The lowest BCUT2D eigenvalue weighted by Crippen LogP contribution is -2.30. The molecule has 0 saturated carbocycles. The fraction of sp³-hybridized carbons (Fsp3) is 0.250. The number of hydrogen-bond donors (Lipinski definition) is 3. The summed E-state index contributed by atoms with van der Waals surface area (Å²) in [4.78, 5) is 4.63. The summed E-state index contributed by atoms with van der Waals surface area (Å²) in [6.07, 6.45) is -4.64. The summed E-state index contributed by atoms with van der Waals surface area (Å²) in [5.41, 5.74) is 6.78. The van der Waals surface area contributed by atoms with E-state index in [0.717, 1.165) is 48.7 Å². The van der Waals surface area contributed by atoms with Crippen LogP contribution >= 0.6 is 0 Å². The predicted molar refractivity (Wildman–Crippen MR) is 120 cm³/mol. The van der Waals surface area contributed by atoms with Gasteiger partial charge in [-0.1, -0.05) is 6.07 Å². The summed E-state index contributed by atoms with van der Waals surface area (Å²) >= 11 is 0. The monoisotopic (exact) mass is 455 g/mol. The maximum atomic E-state index is 13.3. The van der Waals surface area contributed by atoms with Crippen molar-refractivity contribution in [2.45, 2.75) is 12.7 Å². The Bertz CT molecular complexity index is 1090. The number of rotatable bonds is 10. The first-order valence-corrected chi connectivity index (χ1v) is 10.4. The summed E-state index contributed by atoms with van der Waals surface area (Å²) in [6.45, 7) is 3.58. The average Bonchev–Trinajstić information content (AvgIpc) is 2.81. The van der Waals surface area contributed by atoms with Gasteiger partial charge in [0.1, 0.15) is 11.5 Å². The predicted octanol–water partition coefficient (Wildman–Crippen LogP) is 4.07. The molecule has 0 atom stereocenters. The molecule has 9 heteroatoms. The van der Waals surface area contributed by atoms with Gasteiger partial charge in [0.05, 0.1) is 28.6 Å². The minimum Gasteiger partial charge on any atom is -0.457 e. The molecule has 3 aromatic rings. The molecule has 4 N–H and O–H groups in total. The summed E-state index contributed by atoms with van der Waals surface area (Å²) in [5, 5.41) is 15.4. The molecule has 33 heavy (non-hydrogen) atoms. The number of nitriles is 1. The molecule has 0 bridgehead atoms. The largest absolute Gasteiger partial charge is 0.457 e. The molecule has 2 aromatic carbocycles. The smallest absolute Gasteiger partial charge is 0.420 e. The number of hydrogen-bond acceptors (Lipinski definition) is 6. The molecule has 1 aromatic heterocycles. The van der Waals surface area contributed by atoms with Crippen molar-refractivity contribution in [3.05, 3.63) is 77.5 Å². The van der Waals surface area contributed by atoms with Gasteiger partial charge in [-0.25, -0.2) is 0 Å². The van der Waals surface area contributed by atoms with E-state index in [9.17, 15) is 13.2 Å². The fourth-order valence-electron chi connectivity index (χ4n) is 3.09. The number of pyridine rings is 1. The molecule has 1 heterocycles. The summed E-state index contributed by atoms with van der Waals surface area (Å²) in [6, 6.07) is 17.3. The van der Waals surface area contributed by atoms with Gasteiger partial charge >= 0.3 is 6.18 Å². The lowest BCUT2D eigenvalue weighted by molar-refractivity contribution is -0.138. The van der Waals surface area contributed by atoms with Gasteiger partial charge < -0.3 is 21.1 Å². The van der Waals surface area contributed by atoms with E-state index in [1.165, 1.54) is 6.07 Å². The second kappa shape index (κ2) is 11.4. The topological polar surface area (TPSA) is 96.0 Å². The Hall–Kier alpha value is -3.45. The Balaban J connectivity index is 1.67. The lowest BCUT2D eigenvalue weighted by Gasteiger charge is -2.14. The van der Waals surface area contributed by atoms with E-state index in [0.29, 0.717) is 13.1 Å². The van der Waals surface area contributed by atoms with Crippen molar-refractivity contribution in [1.82, 2.24) is 15.6 Å². The number of nitrogens with zero attached hydrogens (tertiary/aromatic N) is 2. The van der Waals surface area contributed by atoms with Crippen LogP contribution in [0.3, 0.4) is 0 Å². The fourth-order valence-corrected chi connectivity index (χ4v) is 3.09. The van der Waals surface area contributed by atoms with Crippen LogP contribution in [0.25, 0.3) is 11.3 Å². The number of alkyl halides is 3. The number of ether oxygens (including phenoxy) is 1. The Kier molecular flexibility index (Phi) is 8.38.